The van der Waals surface area contributed by atoms with Crippen LogP contribution in [0, 0.1) is 0 Å². The summed E-state index contributed by atoms with van der Waals surface area (Å²) in [5.41, 5.74) is 0.179. The summed E-state index contributed by atoms with van der Waals surface area (Å²) in [5, 5.41) is 9.76. The molecule has 0 atom stereocenters. The van der Waals surface area contributed by atoms with E-state index in [0.29, 0.717) is 28.2 Å². The first-order chi connectivity index (χ1) is 10.1. The van der Waals surface area contributed by atoms with Gasteiger partial charge in [0.05, 0.1) is 15.6 Å². The molecule has 0 heterocycles. The Hall–Kier alpha value is -1.91. The number of rotatable bonds is 6. The number of hydrogen-bond donors (Lipinski definition) is 1. The Morgan fingerprint density at radius 3 is 2.24 bits per heavy atom. The molecule has 0 fully saturated rings. The Bertz CT molecular complexity index is 643. The SMILES string of the molecule is O=C(O)c1cccc(OCCOc2ccc(Cl)c(Cl)c2)c1. The first-order valence-corrected chi connectivity index (χ1v) is 6.86. The number of aromatic carboxylic acids is 1. The molecule has 0 bridgehead atoms. The second-order valence-corrected chi connectivity index (χ2v) is 4.92. The summed E-state index contributed by atoms with van der Waals surface area (Å²) in [4.78, 5) is 10.8. The van der Waals surface area contributed by atoms with Crippen LogP contribution in [0.5, 0.6) is 11.5 Å². The maximum atomic E-state index is 10.8. The van der Waals surface area contributed by atoms with Crippen LogP contribution in [0.15, 0.2) is 42.5 Å². The maximum absolute atomic E-state index is 10.8. The van der Waals surface area contributed by atoms with Crippen molar-refractivity contribution in [2.45, 2.75) is 0 Å². The lowest BCUT2D eigenvalue weighted by atomic mass is 10.2. The van der Waals surface area contributed by atoms with Gasteiger partial charge in [-0.05, 0) is 30.3 Å². The molecule has 1 N–H and O–H groups in total. The third-order valence-corrected chi connectivity index (χ3v) is 3.33. The summed E-state index contributed by atoms with van der Waals surface area (Å²) < 4.78 is 10.9. The number of ether oxygens (including phenoxy) is 2. The van der Waals surface area contributed by atoms with Gasteiger partial charge in [-0.25, -0.2) is 4.79 Å². The van der Waals surface area contributed by atoms with Gasteiger partial charge < -0.3 is 14.6 Å². The molecule has 0 aliphatic rings. The molecule has 0 aromatic heterocycles. The van der Waals surface area contributed by atoms with Crippen molar-refractivity contribution >= 4 is 29.2 Å². The zero-order chi connectivity index (χ0) is 15.2. The van der Waals surface area contributed by atoms with Gasteiger partial charge in [0, 0.05) is 6.07 Å². The van der Waals surface area contributed by atoms with Crippen LogP contribution in [0.1, 0.15) is 10.4 Å². The molecule has 0 radical (unpaired) electrons. The van der Waals surface area contributed by atoms with Gasteiger partial charge in [-0.15, -0.1) is 0 Å². The zero-order valence-electron chi connectivity index (χ0n) is 10.9. The molecule has 0 amide bonds. The number of halogens is 2. The third-order valence-electron chi connectivity index (χ3n) is 2.59. The molecule has 0 aliphatic carbocycles. The highest BCUT2D eigenvalue weighted by Crippen LogP contribution is 2.26. The number of carboxylic acid groups (broad SMARTS) is 1. The van der Waals surface area contributed by atoms with Crippen LogP contribution in [0.2, 0.25) is 10.0 Å². The molecule has 0 spiro atoms. The van der Waals surface area contributed by atoms with E-state index >= 15 is 0 Å². The number of hydrogen-bond acceptors (Lipinski definition) is 3. The number of carboxylic acids is 1. The van der Waals surface area contributed by atoms with E-state index in [1.165, 1.54) is 12.1 Å². The largest absolute Gasteiger partial charge is 0.490 e. The van der Waals surface area contributed by atoms with Crippen molar-refractivity contribution in [2.75, 3.05) is 13.2 Å². The van der Waals surface area contributed by atoms with Gasteiger partial charge >= 0.3 is 5.97 Å². The lowest BCUT2D eigenvalue weighted by Gasteiger charge is -2.09. The average molecular weight is 327 g/mol. The second-order valence-electron chi connectivity index (χ2n) is 4.11. The van der Waals surface area contributed by atoms with Crippen LogP contribution in [0.4, 0.5) is 0 Å². The van der Waals surface area contributed by atoms with E-state index in [1.54, 1.807) is 30.3 Å². The summed E-state index contributed by atoms with van der Waals surface area (Å²) in [5.74, 6) is 0.0763. The van der Waals surface area contributed by atoms with Crippen LogP contribution in [-0.2, 0) is 0 Å². The molecule has 0 aliphatic heterocycles. The number of carbonyl (C=O) groups is 1. The summed E-state index contributed by atoms with van der Waals surface area (Å²) in [6.45, 7) is 0.582. The topological polar surface area (TPSA) is 55.8 Å². The average Bonchev–Trinajstić information content (AvgIpc) is 2.47. The molecule has 21 heavy (non-hydrogen) atoms. The normalized spacial score (nSPS) is 10.2. The van der Waals surface area contributed by atoms with Crippen molar-refractivity contribution in [1.29, 1.82) is 0 Å². The monoisotopic (exact) mass is 326 g/mol. The molecule has 6 heteroatoms. The van der Waals surface area contributed by atoms with E-state index in [9.17, 15) is 4.79 Å². The minimum Gasteiger partial charge on any atom is -0.490 e. The minimum absolute atomic E-state index is 0.179. The highest BCUT2D eigenvalue weighted by Gasteiger charge is 2.04. The van der Waals surface area contributed by atoms with Crippen molar-refractivity contribution in [3.05, 3.63) is 58.1 Å². The molecular formula is C15H12Cl2O4. The first kappa shape index (κ1) is 15.5. The molecule has 110 valence electrons. The van der Waals surface area contributed by atoms with Gasteiger partial charge in [0.25, 0.3) is 0 Å². The van der Waals surface area contributed by atoms with Crippen LogP contribution in [0.3, 0.4) is 0 Å². The quantitative estimate of drug-likeness (QED) is 0.810. The van der Waals surface area contributed by atoms with Crippen molar-refractivity contribution in [1.82, 2.24) is 0 Å². The Kier molecular flexibility index (Phi) is 5.31. The highest BCUT2D eigenvalue weighted by atomic mass is 35.5. The zero-order valence-corrected chi connectivity index (χ0v) is 12.4. The second kappa shape index (κ2) is 7.20. The summed E-state index contributed by atoms with van der Waals surface area (Å²) in [7, 11) is 0. The van der Waals surface area contributed by atoms with E-state index in [2.05, 4.69) is 0 Å². The minimum atomic E-state index is -0.993. The molecule has 4 nitrogen and oxygen atoms in total. The lowest BCUT2D eigenvalue weighted by molar-refractivity contribution is 0.0696. The molecule has 2 rings (SSSR count). The summed E-state index contributed by atoms with van der Waals surface area (Å²) in [6, 6.07) is 11.2. The Morgan fingerprint density at radius 2 is 1.62 bits per heavy atom. The fourth-order valence-electron chi connectivity index (χ4n) is 1.60. The fraction of sp³-hybridized carbons (Fsp3) is 0.133. The van der Waals surface area contributed by atoms with Crippen molar-refractivity contribution in [3.8, 4) is 11.5 Å². The molecule has 0 unspecified atom stereocenters. The molecule has 0 saturated carbocycles. The number of benzene rings is 2. The van der Waals surface area contributed by atoms with Crippen LogP contribution in [-0.4, -0.2) is 24.3 Å². The van der Waals surface area contributed by atoms with Gasteiger partial charge in [-0.2, -0.15) is 0 Å². The smallest absolute Gasteiger partial charge is 0.335 e. The van der Waals surface area contributed by atoms with Gasteiger partial charge in [-0.1, -0.05) is 29.3 Å². The maximum Gasteiger partial charge on any atom is 0.335 e. The Labute approximate surface area is 131 Å². The Balaban J connectivity index is 1.83. The van der Waals surface area contributed by atoms with Gasteiger partial charge in [-0.3, -0.25) is 0 Å². The van der Waals surface area contributed by atoms with E-state index in [0.717, 1.165) is 0 Å². The standard InChI is InChI=1S/C15H12Cl2O4/c16-13-5-4-12(9-14(13)17)21-7-6-20-11-3-1-2-10(8-11)15(18)19/h1-5,8-9H,6-7H2,(H,18,19). The lowest BCUT2D eigenvalue weighted by Crippen LogP contribution is -2.09. The summed E-state index contributed by atoms with van der Waals surface area (Å²) >= 11 is 11.7. The van der Waals surface area contributed by atoms with Crippen molar-refractivity contribution in [2.24, 2.45) is 0 Å². The molecular weight excluding hydrogens is 315 g/mol. The predicted octanol–water partition coefficient (Wildman–Crippen LogP) is 4.15. The Morgan fingerprint density at radius 1 is 0.952 bits per heavy atom. The van der Waals surface area contributed by atoms with Gasteiger partial charge in [0.15, 0.2) is 0 Å². The van der Waals surface area contributed by atoms with Crippen LogP contribution < -0.4 is 9.47 Å². The summed E-state index contributed by atoms with van der Waals surface area (Å²) in [6.07, 6.45) is 0. The predicted molar refractivity (Wildman–Crippen MR) is 80.9 cm³/mol. The van der Waals surface area contributed by atoms with Crippen LogP contribution in [0.25, 0.3) is 0 Å². The van der Waals surface area contributed by atoms with E-state index < -0.39 is 5.97 Å². The van der Waals surface area contributed by atoms with Gasteiger partial charge in [0.2, 0.25) is 0 Å². The molecule has 0 saturated heterocycles. The molecule has 2 aromatic carbocycles. The van der Waals surface area contributed by atoms with Crippen LogP contribution >= 0.6 is 23.2 Å². The fourth-order valence-corrected chi connectivity index (χ4v) is 1.89. The van der Waals surface area contributed by atoms with Crippen molar-refractivity contribution < 1.29 is 19.4 Å². The van der Waals surface area contributed by atoms with E-state index in [-0.39, 0.29) is 12.2 Å². The highest BCUT2D eigenvalue weighted by molar-refractivity contribution is 6.42. The van der Waals surface area contributed by atoms with E-state index in [4.69, 9.17) is 37.8 Å². The third kappa shape index (κ3) is 4.55. The van der Waals surface area contributed by atoms with E-state index in [1.807, 2.05) is 0 Å². The van der Waals surface area contributed by atoms with Gasteiger partial charge in [0.1, 0.15) is 24.7 Å². The first-order valence-electron chi connectivity index (χ1n) is 6.10. The van der Waals surface area contributed by atoms with Crippen molar-refractivity contribution in [3.63, 3.8) is 0 Å². The molecule has 2 aromatic rings.